The zero-order valence-corrected chi connectivity index (χ0v) is 17.1. The molecule has 1 amide bonds. The number of carbonyl (C=O) groups excluding carboxylic acids is 1. The molecule has 1 atom stereocenters. The van der Waals surface area contributed by atoms with Crippen molar-refractivity contribution in [2.45, 2.75) is 18.8 Å². The first-order valence-corrected chi connectivity index (χ1v) is 10.1. The number of benzene rings is 3. The van der Waals surface area contributed by atoms with Crippen LogP contribution in [-0.2, 0) is 17.5 Å². The second-order valence-electron chi connectivity index (χ2n) is 7.73. The van der Waals surface area contributed by atoms with Gasteiger partial charge in [-0.3, -0.25) is 4.79 Å². The van der Waals surface area contributed by atoms with Gasteiger partial charge in [0.05, 0.1) is 24.9 Å². The third kappa shape index (κ3) is 3.30. The highest BCUT2D eigenvalue weighted by atomic mass is 19.4. The van der Waals surface area contributed by atoms with Gasteiger partial charge in [0.1, 0.15) is 11.8 Å². The molecule has 3 aromatic carbocycles. The normalized spacial score (nSPS) is 15.9. The minimum Gasteiger partial charge on any atom is -0.497 e. The van der Waals surface area contributed by atoms with E-state index in [1.807, 2.05) is 53.2 Å². The highest BCUT2D eigenvalue weighted by molar-refractivity contribution is 6.05. The molecule has 32 heavy (non-hydrogen) atoms. The Morgan fingerprint density at radius 3 is 2.44 bits per heavy atom. The summed E-state index contributed by atoms with van der Waals surface area (Å²) in [6, 6.07) is 19.5. The molecule has 5 rings (SSSR count). The predicted octanol–water partition coefficient (Wildman–Crippen LogP) is 5.80. The monoisotopic (exact) mass is 436 g/mol. The number of amides is 1. The molecule has 1 aromatic heterocycles. The number of para-hydroxylation sites is 1. The van der Waals surface area contributed by atoms with Crippen molar-refractivity contribution in [1.29, 1.82) is 0 Å². The second-order valence-corrected chi connectivity index (χ2v) is 7.73. The van der Waals surface area contributed by atoms with E-state index >= 15 is 0 Å². The first-order valence-electron chi connectivity index (χ1n) is 10.1. The van der Waals surface area contributed by atoms with Gasteiger partial charge in [-0.25, -0.2) is 0 Å². The maximum Gasteiger partial charge on any atom is 0.416 e. The number of ether oxygens (including phenoxy) is 1. The number of rotatable bonds is 4. The van der Waals surface area contributed by atoms with E-state index in [1.165, 1.54) is 12.1 Å². The van der Waals surface area contributed by atoms with Crippen molar-refractivity contribution in [2.75, 3.05) is 12.0 Å². The van der Waals surface area contributed by atoms with E-state index in [9.17, 15) is 18.0 Å². The average Bonchev–Trinajstić information content (AvgIpc) is 3.32. The van der Waals surface area contributed by atoms with Crippen molar-refractivity contribution in [2.24, 2.45) is 0 Å². The van der Waals surface area contributed by atoms with Gasteiger partial charge >= 0.3 is 6.18 Å². The van der Waals surface area contributed by atoms with E-state index in [4.69, 9.17) is 4.74 Å². The van der Waals surface area contributed by atoms with Crippen molar-refractivity contribution in [3.05, 3.63) is 95.7 Å². The van der Waals surface area contributed by atoms with Gasteiger partial charge < -0.3 is 14.2 Å². The molecule has 0 saturated carbocycles. The minimum atomic E-state index is -4.40. The van der Waals surface area contributed by atoms with Crippen LogP contribution < -0.4 is 9.64 Å². The zero-order chi connectivity index (χ0) is 22.5. The summed E-state index contributed by atoms with van der Waals surface area (Å²) in [4.78, 5) is 15.2. The van der Waals surface area contributed by atoms with Crippen molar-refractivity contribution in [3.8, 4) is 5.75 Å². The summed E-state index contributed by atoms with van der Waals surface area (Å²) >= 11 is 0. The van der Waals surface area contributed by atoms with Crippen LogP contribution in [0.15, 0.2) is 79.0 Å². The molecule has 0 aliphatic carbocycles. The molecular formula is C25H19F3N2O2. The van der Waals surface area contributed by atoms with Gasteiger partial charge in [-0.05, 0) is 53.4 Å². The Kier molecular flexibility index (Phi) is 4.69. The summed E-state index contributed by atoms with van der Waals surface area (Å²) in [6.45, 7) is 0.173. The van der Waals surface area contributed by atoms with Gasteiger partial charge in [0, 0.05) is 17.3 Å². The number of nitrogens with zero attached hydrogens (tertiary/aromatic N) is 2. The molecule has 0 spiro atoms. The van der Waals surface area contributed by atoms with Crippen molar-refractivity contribution >= 4 is 22.5 Å². The quantitative estimate of drug-likeness (QED) is 0.405. The number of anilines is 1. The average molecular weight is 436 g/mol. The van der Waals surface area contributed by atoms with Crippen LogP contribution in [0.2, 0.25) is 0 Å². The lowest BCUT2D eigenvalue weighted by Crippen LogP contribution is -2.30. The lowest BCUT2D eigenvalue weighted by atomic mass is 10.1. The lowest BCUT2D eigenvalue weighted by molar-refractivity contribution is -0.137. The number of aromatic nitrogens is 1. The standard InChI is InChI=1S/C25H19F3N2O2/c1-32-19-10-11-22-20(14-19)23(29-13-12-17-4-2-3-5-21(17)29)24(31)30(22)15-16-6-8-18(9-7-16)25(26,27)28/h2-14,23H,15H2,1H3. The van der Waals surface area contributed by atoms with Crippen LogP contribution in [-0.4, -0.2) is 17.6 Å². The molecule has 1 aliphatic rings. The van der Waals surface area contributed by atoms with Crippen LogP contribution in [0.4, 0.5) is 18.9 Å². The fourth-order valence-electron chi connectivity index (χ4n) is 4.27. The number of carbonyl (C=O) groups is 1. The molecule has 162 valence electrons. The van der Waals surface area contributed by atoms with Crippen LogP contribution in [0.1, 0.15) is 22.7 Å². The molecule has 0 bridgehead atoms. The van der Waals surface area contributed by atoms with Crippen LogP contribution in [0, 0.1) is 0 Å². The van der Waals surface area contributed by atoms with E-state index in [-0.39, 0.29) is 12.5 Å². The number of hydrogen-bond donors (Lipinski definition) is 0. The molecule has 7 heteroatoms. The van der Waals surface area contributed by atoms with E-state index in [0.717, 1.165) is 34.3 Å². The molecule has 1 aliphatic heterocycles. The number of methoxy groups -OCH3 is 1. The third-order valence-electron chi connectivity index (χ3n) is 5.85. The Labute approximate surface area is 182 Å². The SMILES string of the molecule is COc1ccc2c(c1)C(n1ccc3ccccc31)C(=O)N2Cc1ccc(C(F)(F)F)cc1. The summed E-state index contributed by atoms with van der Waals surface area (Å²) in [7, 11) is 1.57. The maximum absolute atomic E-state index is 13.6. The van der Waals surface area contributed by atoms with Gasteiger partial charge in [-0.1, -0.05) is 30.3 Å². The summed E-state index contributed by atoms with van der Waals surface area (Å²) < 4.78 is 46.0. The summed E-state index contributed by atoms with van der Waals surface area (Å²) in [5, 5.41) is 1.02. The van der Waals surface area contributed by atoms with E-state index in [2.05, 4.69) is 0 Å². The van der Waals surface area contributed by atoms with Gasteiger partial charge in [0.25, 0.3) is 5.91 Å². The predicted molar refractivity (Wildman–Crippen MR) is 116 cm³/mol. The highest BCUT2D eigenvalue weighted by Gasteiger charge is 2.39. The molecule has 0 radical (unpaired) electrons. The van der Waals surface area contributed by atoms with Gasteiger partial charge in [0.15, 0.2) is 0 Å². The Morgan fingerprint density at radius 1 is 0.969 bits per heavy atom. The van der Waals surface area contributed by atoms with Gasteiger partial charge in [-0.2, -0.15) is 13.2 Å². The second kappa shape index (κ2) is 7.44. The van der Waals surface area contributed by atoms with Crippen molar-refractivity contribution in [3.63, 3.8) is 0 Å². The smallest absolute Gasteiger partial charge is 0.416 e. The van der Waals surface area contributed by atoms with Crippen LogP contribution >= 0.6 is 0 Å². The first kappa shape index (κ1) is 20.2. The highest BCUT2D eigenvalue weighted by Crippen LogP contribution is 2.42. The topological polar surface area (TPSA) is 34.5 Å². The number of halogens is 3. The first-order chi connectivity index (χ1) is 15.4. The largest absolute Gasteiger partial charge is 0.497 e. The van der Waals surface area contributed by atoms with E-state index < -0.39 is 17.8 Å². The molecular weight excluding hydrogens is 417 g/mol. The lowest BCUT2D eigenvalue weighted by Gasteiger charge is -2.19. The van der Waals surface area contributed by atoms with Gasteiger partial charge in [0.2, 0.25) is 0 Å². The number of hydrogen-bond acceptors (Lipinski definition) is 2. The number of alkyl halides is 3. The molecule has 0 fully saturated rings. The number of fused-ring (bicyclic) bond motifs is 2. The maximum atomic E-state index is 13.6. The summed E-state index contributed by atoms with van der Waals surface area (Å²) in [6.07, 6.45) is -2.51. The molecule has 1 unspecified atom stereocenters. The van der Waals surface area contributed by atoms with Crippen molar-refractivity contribution in [1.82, 2.24) is 4.57 Å². The Morgan fingerprint density at radius 2 is 1.72 bits per heavy atom. The minimum absolute atomic E-state index is 0.144. The van der Waals surface area contributed by atoms with E-state index in [1.54, 1.807) is 18.1 Å². The zero-order valence-electron chi connectivity index (χ0n) is 17.1. The van der Waals surface area contributed by atoms with Gasteiger partial charge in [-0.15, -0.1) is 0 Å². The Hall–Kier alpha value is -3.74. The molecule has 2 heterocycles. The molecule has 0 N–H and O–H groups in total. The summed E-state index contributed by atoms with van der Waals surface area (Å²) in [5.74, 6) is 0.490. The molecule has 4 aromatic rings. The Bertz CT molecular complexity index is 1310. The fourth-order valence-corrected chi connectivity index (χ4v) is 4.27. The molecule has 4 nitrogen and oxygen atoms in total. The Balaban J connectivity index is 1.56. The molecule has 0 saturated heterocycles. The van der Waals surface area contributed by atoms with Crippen molar-refractivity contribution < 1.29 is 22.7 Å². The van der Waals surface area contributed by atoms with Crippen LogP contribution in [0.3, 0.4) is 0 Å². The van der Waals surface area contributed by atoms with Crippen LogP contribution in [0.25, 0.3) is 10.9 Å². The fraction of sp³-hybridized carbons (Fsp3) is 0.160. The third-order valence-corrected chi connectivity index (χ3v) is 5.85. The van der Waals surface area contributed by atoms with Crippen LogP contribution in [0.5, 0.6) is 5.75 Å². The summed E-state index contributed by atoms with van der Waals surface area (Å²) in [5.41, 5.74) is 2.35. The van der Waals surface area contributed by atoms with E-state index in [0.29, 0.717) is 11.3 Å².